The van der Waals surface area contributed by atoms with Gasteiger partial charge in [0.05, 0.1) is 10.7 Å². The average Bonchev–Trinajstić information content (AvgIpc) is 2.38. The van der Waals surface area contributed by atoms with E-state index in [2.05, 4.69) is 21.2 Å². The molecule has 5 heteroatoms. The third-order valence-corrected chi connectivity index (χ3v) is 7.33. The Morgan fingerprint density at radius 1 is 1.22 bits per heavy atom. The van der Waals surface area contributed by atoms with Crippen molar-refractivity contribution in [2.24, 2.45) is 17.3 Å². The highest BCUT2D eigenvalue weighted by atomic mass is 79.9. The third-order valence-electron chi connectivity index (χ3n) is 5.85. The van der Waals surface area contributed by atoms with Gasteiger partial charge in [-0.1, -0.05) is 39.1 Å². The Morgan fingerprint density at radius 2 is 1.91 bits per heavy atom. The maximum Gasteiger partial charge on any atom is 0.224 e. The monoisotopic (exact) mass is 415 g/mol. The summed E-state index contributed by atoms with van der Waals surface area (Å²) in [6.07, 6.45) is 8.09. The molecule has 4 fully saturated rings. The van der Waals surface area contributed by atoms with E-state index in [0.717, 1.165) is 18.3 Å². The minimum atomic E-state index is 0.0762. The molecule has 1 aromatic rings. The van der Waals surface area contributed by atoms with E-state index in [0.29, 0.717) is 22.2 Å². The van der Waals surface area contributed by atoms with Gasteiger partial charge in [-0.25, -0.2) is 0 Å². The van der Waals surface area contributed by atoms with Gasteiger partial charge in [0, 0.05) is 15.8 Å². The molecule has 0 aliphatic heterocycles. The molecular formula is C18H20BrCl2NO. The molecule has 2 nitrogen and oxygen atoms in total. The van der Waals surface area contributed by atoms with E-state index in [1.165, 1.54) is 32.1 Å². The number of rotatable bonds is 3. The van der Waals surface area contributed by atoms with E-state index >= 15 is 0 Å². The summed E-state index contributed by atoms with van der Waals surface area (Å²) in [6.45, 7) is 0. The summed E-state index contributed by atoms with van der Waals surface area (Å²) in [5, 5.41) is 4.05. The van der Waals surface area contributed by atoms with Crippen LogP contribution in [-0.4, -0.2) is 10.2 Å². The molecule has 1 amide bonds. The van der Waals surface area contributed by atoms with Crippen molar-refractivity contribution in [1.82, 2.24) is 0 Å². The minimum absolute atomic E-state index is 0.0762. The van der Waals surface area contributed by atoms with E-state index in [9.17, 15) is 4.79 Å². The summed E-state index contributed by atoms with van der Waals surface area (Å²) in [5.41, 5.74) is 0.829. The zero-order valence-electron chi connectivity index (χ0n) is 12.9. The molecule has 0 spiro atoms. The van der Waals surface area contributed by atoms with Gasteiger partial charge in [0.15, 0.2) is 0 Å². The predicted molar refractivity (Wildman–Crippen MR) is 98.5 cm³/mol. The summed E-state index contributed by atoms with van der Waals surface area (Å²) in [5.74, 6) is 1.66. The van der Waals surface area contributed by atoms with Gasteiger partial charge in [0.25, 0.3) is 0 Å². The number of nitrogens with one attached hydrogen (secondary N) is 1. The number of amides is 1. The Morgan fingerprint density at radius 3 is 2.52 bits per heavy atom. The summed E-state index contributed by atoms with van der Waals surface area (Å²) in [4.78, 5) is 12.6. The van der Waals surface area contributed by atoms with Crippen LogP contribution in [0, 0.1) is 17.3 Å². The molecule has 4 saturated carbocycles. The van der Waals surface area contributed by atoms with Crippen molar-refractivity contribution in [3.8, 4) is 0 Å². The number of alkyl halides is 1. The van der Waals surface area contributed by atoms with Gasteiger partial charge >= 0.3 is 0 Å². The molecule has 1 N–H and O–H groups in total. The number of anilines is 1. The fourth-order valence-electron chi connectivity index (χ4n) is 5.67. The number of halogens is 3. The number of hydrogen-bond donors (Lipinski definition) is 1. The second kappa shape index (κ2) is 5.64. The van der Waals surface area contributed by atoms with Gasteiger partial charge in [-0.2, -0.15) is 0 Å². The molecule has 0 heterocycles. The van der Waals surface area contributed by atoms with Crippen molar-refractivity contribution in [3.05, 3.63) is 28.2 Å². The molecule has 1 aromatic carbocycles. The molecular weight excluding hydrogens is 397 g/mol. The molecule has 4 aliphatic rings. The van der Waals surface area contributed by atoms with Crippen LogP contribution in [0.25, 0.3) is 0 Å². The van der Waals surface area contributed by atoms with E-state index in [4.69, 9.17) is 23.2 Å². The van der Waals surface area contributed by atoms with Gasteiger partial charge in [-0.3, -0.25) is 4.79 Å². The van der Waals surface area contributed by atoms with Crippen LogP contribution >= 0.6 is 39.1 Å². The van der Waals surface area contributed by atoms with Crippen molar-refractivity contribution in [1.29, 1.82) is 0 Å². The smallest absolute Gasteiger partial charge is 0.224 e. The predicted octanol–water partition coefficient (Wildman–Crippen LogP) is 6.06. The van der Waals surface area contributed by atoms with Crippen LogP contribution in [0.15, 0.2) is 18.2 Å². The summed E-state index contributed by atoms with van der Waals surface area (Å²) >= 11 is 16.1. The van der Waals surface area contributed by atoms with Gasteiger partial charge in [-0.15, -0.1) is 0 Å². The van der Waals surface area contributed by atoms with Crippen LogP contribution in [0.2, 0.25) is 10.0 Å². The van der Waals surface area contributed by atoms with E-state index in [1.807, 2.05) is 0 Å². The number of carbonyl (C=O) groups excluding carboxylic acids is 1. The van der Waals surface area contributed by atoms with Gasteiger partial charge < -0.3 is 5.32 Å². The summed E-state index contributed by atoms with van der Waals surface area (Å²) in [6, 6.07) is 5.19. The van der Waals surface area contributed by atoms with Gasteiger partial charge in [0.1, 0.15) is 0 Å². The lowest BCUT2D eigenvalue weighted by atomic mass is 9.48. The van der Waals surface area contributed by atoms with Crippen LogP contribution in [0.1, 0.15) is 44.9 Å². The SMILES string of the molecule is O=C(CC12C[C@H]3C[C@@H](CC(Br)(C3)C1)C2)Nc1ccc(Cl)cc1Cl. The maximum absolute atomic E-state index is 12.6. The summed E-state index contributed by atoms with van der Waals surface area (Å²) < 4.78 is 0.287. The van der Waals surface area contributed by atoms with E-state index in [1.54, 1.807) is 18.2 Å². The Balaban J connectivity index is 1.48. The van der Waals surface area contributed by atoms with Crippen molar-refractivity contribution < 1.29 is 4.79 Å². The second-order valence-electron chi connectivity index (χ2n) is 7.96. The van der Waals surface area contributed by atoms with Crippen molar-refractivity contribution in [2.75, 3.05) is 5.32 Å². The minimum Gasteiger partial charge on any atom is -0.325 e. The van der Waals surface area contributed by atoms with Crippen LogP contribution in [0.4, 0.5) is 5.69 Å². The third kappa shape index (κ3) is 3.17. The molecule has 4 aliphatic carbocycles. The quantitative estimate of drug-likeness (QED) is 0.596. The van der Waals surface area contributed by atoms with Crippen molar-refractivity contribution in [3.63, 3.8) is 0 Å². The molecule has 5 rings (SSSR count). The Bertz CT molecular complexity index is 648. The van der Waals surface area contributed by atoms with Crippen molar-refractivity contribution in [2.45, 2.75) is 49.3 Å². The molecule has 2 atom stereocenters. The van der Waals surface area contributed by atoms with Gasteiger partial charge in [0.2, 0.25) is 5.91 Å². The lowest BCUT2D eigenvalue weighted by molar-refractivity contribution is -0.123. The van der Waals surface area contributed by atoms with Crippen LogP contribution < -0.4 is 5.32 Å². The van der Waals surface area contributed by atoms with Crippen LogP contribution in [0.5, 0.6) is 0 Å². The highest BCUT2D eigenvalue weighted by Gasteiger charge is 2.57. The van der Waals surface area contributed by atoms with Crippen molar-refractivity contribution >= 4 is 50.7 Å². The Hall–Kier alpha value is -0.250. The average molecular weight is 417 g/mol. The Labute approximate surface area is 155 Å². The zero-order valence-corrected chi connectivity index (χ0v) is 16.0. The summed E-state index contributed by atoms with van der Waals surface area (Å²) in [7, 11) is 0. The fourth-order valence-corrected chi connectivity index (χ4v) is 7.63. The van der Waals surface area contributed by atoms with E-state index in [-0.39, 0.29) is 15.6 Å². The lowest BCUT2D eigenvalue weighted by Gasteiger charge is -2.60. The van der Waals surface area contributed by atoms with E-state index < -0.39 is 0 Å². The highest BCUT2D eigenvalue weighted by molar-refractivity contribution is 9.10. The molecule has 0 saturated heterocycles. The molecule has 4 bridgehead atoms. The van der Waals surface area contributed by atoms with Gasteiger partial charge in [-0.05, 0) is 74.0 Å². The standard InChI is InChI=1S/C18H20BrCl2NO/c19-18-7-11-3-12(8-18)6-17(5-11,10-18)9-16(23)22-15-2-1-13(20)4-14(15)21/h1-2,4,11-12H,3,5-10H2,(H,22,23)/t11-,12-,17?,18?/m1/s1. The largest absolute Gasteiger partial charge is 0.325 e. The van der Waals surface area contributed by atoms with Crippen LogP contribution in [0.3, 0.4) is 0 Å². The first-order valence-corrected chi connectivity index (χ1v) is 9.84. The second-order valence-corrected chi connectivity index (χ2v) is 10.5. The first-order valence-electron chi connectivity index (χ1n) is 8.29. The molecule has 0 radical (unpaired) electrons. The normalized spacial score (nSPS) is 37.9. The molecule has 0 unspecified atom stereocenters. The molecule has 0 aromatic heterocycles. The first-order chi connectivity index (χ1) is 10.8. The number of hydrogen-bond acceptors (Lipinski definition) is 1. The number of benzene rings is 1. The number of carbonyl (C=O) groups is 1. The molecule has 23 heavy (non-hydrogen) atoms. The fraction of sp³-hybridized carbons (Fsp3) is 0.611. The van der Waals surface area contributed by atoms with Crippen LogP contribution in [-0.2, 0) is 4.79 Å². The zero-order chi connectivity index (χ0) is 16.2. The lowest BCUT2D eigenvalue weighted by Crippen LogP contribution is -2.53. The maximum atomic E-state index is 12.6. The first kappa shape index (κ1) is 16.2. The Kier molecular flexibility index (Phi) is 3.98. The topological polar surface area (TPSA) is 29.1 Å². The molecule has 124 valence electrons. The highest BCUT2D eigenvalue weighted by Crippen LogP contribution is 2.65.